The summed E-state index contributed by atoms with van der Waals surface area (Å²) in [5.74, 6) is 0. The van der Waals surface area contributed by atoms with Gasteiger partial charge in [0.2, 0.25) is 0 Å². The van der Waals surface area contributed by atoms with Crippen molar-refractivity contribution in [2.75, 3.05) is 24.2 Å². The van der Waals surface area contributed by atoms with Gasteiger partial charge in [0, 0.05) is 19.3 Å². The Morgan fingerprint density at radius 3 is 2.71 bits per heavy atom. The molecule has 0 aromatic heterocycles. The zero-order valence-corrected chi connectivity index (χ0v) is 9.30. The fourth-order valence-electron chi connectivity index (χ4n) is 1.32. The summed E-state index contributed by atoms with van der Waals surface area (Å²) in [5, 5.41) is 0.675. The van der Waals surface area contributed by atoms with Gasteiger partial charge in [-0.2, -0.15) is 0 Å². The largest absolute Gasteiger partial charge is 0.399 e. The number of likely N-dealkylation sites (N-methyl/N-ethyl adjacent to an activating group) is 1. The summed E-state index contributed by atoms with van der Waals surface area (Å²) in [7, 11) is 1.98. The van der Waals surface area contributed by atoms with Crippen molar-refractivity contribution in [1.29, 1.82) is 0 Å². The highest BCUT2D eigenvalue weighted by Gasteiger charge is 2.05. The molecule has 0 atom stereocenters. The first-order valence-corrected chi connectivity index (χ1v) is 4.79. The molecule has 14 heavy (non-hydrogen) atoms. The average Bonchev–Trinajstić information content (AvgIpc) is 2.01. The fourth-order valence-corrected chi connectivity index (χ4v) is 1.66. The van der Waals surface area contributed by atoms with Crippen LogP contribution in [0.1, 0.15) is 6.92 Å². The van der Waals surface area contributed by atoms with Gasteiger partial charge in [-0.3, -0.25) is 0 Å². The topological polar surface area (TPSA) is 29.3 Å². The summed E-state index contributed by atoms with van der Waals surface area (Å²) in [6.45, 7) is 6.64. The lowest BCUT2D eigenvalue weighted by molar-refractivity contribution is 0.986. The zero-order chi connectivity index (χ0) is 10.7. The summed E-state index contributed by atoms with van der Waals surface area (Å²) in [6.07, 6.45) is 0. The first kappa shape index (κ1) is 10.9. The zero-order valence-electron chi connectivity index (χ0n) is 8.55. The first-order valence-electron chi connectivity index (χ1n) is 4.41. The molecule has 0 aliphatic rings. The molecule has 0 bridgehead atoms. The van der Waals surface area contributed by atoms with Crippen molar-refractivity contribution in [2.24, 2.45) is 0 Å². The minimum Gasteiger partial charge on any atom is -0.399 e. The third-order valence-electron chi connectivity index (χ3n) is 1.89. The highest BCUT2D eigenvalue weighted by atomic mass is 35.5. The van der Waals surface area contributed by atoms with E-state index >= 15 is 0 Å². The molecular formula is C11H15ClN2. The molecule has 0 heterocycles. The molecule has 0 saturated carbocycles. The maximum Gasteiger partial charge on any atom is 0.0660 e. The van der Waals surface area contributed by atoms with Crippen molar-refractivity contribution in [3.05, 3.63) is 35.4 Å². The summed E-state index contributed by atoms with van der Waals surface area (Å²) in [6, 6.07) is 5.52. The normalized spacial score (nSPS) is 9.93. The van der Waals surface area contributed by atoms with E-state index in [1.165, 1.54) is 0 Å². The average molecular weight is 211 g/mol. The number of hydrogen-bond donors (Lipinski definition) is 1. The van der Waals surface area contributed by atoms with Crippen molar-refractivity contribution in [3.63, 3.8) is 0 Å². The van der Waals surface area contributed by atoms with Gasteiger partial charge in [0.1, 0.15) is 0 Å². The predicted molar refractivity (Wildman–Crippen MR) is 63.9 cm³/mol. The van der Waals surface area contributed by atoms with Crippen LogP contribution in [0.2, 0.25) is 5.02 Å². The maximum atomic E-state index is 6.06. The third-order valence-corrected chi connectivity index (χ3v) is 2.19. The fraction of sp³-hybridized carbons (Fsp3) is 0.273. The lowest BCUT2D eigenvalue weighted by Crippen LogP contribution is -2.19. The van der Waals surface area contributed by atoms with Gasteiger partial charge in [0.15, 0.2) is 0 Å². The van der Waals surface area contributed by atoms with Gasteiger partial charge < -0.3 is 10.6 Å². The van der Waals surface area contributed by atoms with Gasteiger partial charge in [-0.25, -0.2) is 0 Å². The minimum atomic E-state index is 0.675. The summed E-state index contributed by atoms with van der Waals surface area (Å²) < 4.78 is 0. The Kier molecular flexibility index (Phi) is 3.42. The molecule has 76 valence electrons. The molecule has 0 amide bonds. The predicted octanol–water partition coefficient (Wildman–Crippen LogP) is 2.93. The van der Waals surface area contributed by atoms with Gasteiger partial charge >= 0.3 is 0 Å². The van der Waals surface area contributed by atoms with E-state index < -0.39 is 0 Å². The Labute approximate surface area is 90.0 Å². The molecule has 0 spiro atoms. The second-order valence-electron chi connectivity index (χ2n) is 3.52. The smallest absolute Gasteiger partial charge is 0.0660 e. The van der Waals surface area contributed by atoms with Gasteiger partial charge in [-0.05, 0) is 25.1 Å². The molecule has 2 N–H and O–H groups in total. The van der Waals surface area contributed by atoms with E-state index in [0.717, 1.165) is 17.8 Å². The van der Waals surface area contributed by atoms with Crippen LogP contribution in [0.5, 0.6) is 0 Å². The van der Waals surface area contributed by atoms with E-state index in [-0.39, 0.29) is 0 Å². The number of nitrogen functional groups attached to an aromatic ring is 1. The number of nitrogens with zero attached hydrogens (tertiary/aromatic N) is 1. The van der Waals surface area contributed by atoms with E-state index in [2.05, 4.69) is 6.58 Å². The summed E-state index contributed by atoms with van der Waals surface area (Å²) >= 11 is 6.06. The van der Waals surface area contributed by atoms with Gasteiger partial charge in [-0.15, -0.1) is 0 Å². The lowest BCUT2D eigenvalue weighted by atomic mass is 10.2. The monoisotopic (exact) mass is 210 g/mol. The number of benzene rings is 1. The molecule has 0 unspecified atom stereocenters. The Morgan fingerprint density at radius 2 is 2.21 bits per heavy atom. The van der Waals surface area contributed by atoms with Crippen molar-refractivity contribution in [3.8, 4) is 0 Å². The van der Waals surface area contributed by atoms with Crippen LogP contribution in [0.4, 0.5) is 11.4 Å². The summed E-state index contributed by atoms with van der Waals surface area (Å²) in [4.78, 5) is 2.05. The molecule has 1 aromatic carbocycles. The Bertz CT molecular complexity index is 347. The van der Waals surface area contributed by atoms with Gasteiger partial charge in [0.25, 0.3) is 0 Å². The van der Waals surface area contributed by atoms with Gasteiger partial charge in [-0.1, -0.05) is 23.8 Å². The molecular weight excluding hydrogens is 196 g/mol. The van der Waals surface area contributed by atoms with Crippen LogP contribution in [0, 0.1) is 0 Å². The molecule has 0 saturated heterocycles. The quantitative estimate of drug-likeness (QED) is 0.614. The van der Waals surface area contributed by atoms with E-state index in [9.17, 15) is 0 Å². The molecule has 0 aliphatic carbocycles. The van der Waals surface area contributed by atoms with Crippen molar-refractivity contribution >= 4 is 23.0 Å². The number of rotatable bonds is 3. The second-order valence-corrected chi connectivity index (χ2v) is 3.93. The first-order chi connectivity index (χ1) is 6.50. The van der Waals surface area contributed by atoms with Crippen molar-refractivity contribution < 1.29 is 0 Å². The van der Waals surface area contributed by atoms with Crippen LogP contribution in [0.15, 0.2) is 30.4 Å². The Hall–Kier alpha value is -1.15. The SMILES string of the molecule is C=C(C)CN(C)c1ccc(N)cc1Cl. The highest BCUT2D eigenvalue weighted by Crippen LogP contribution is 2.27. The standard InChI is InChI=1S/C11H15ClN2/c1-8(2)7-14(3)11-5-4-9(13)6-10(11)12/h4-6H,1,7,13H2,2-3H3. The molecule has 1 aromatic rings. The molecule has 1 rings (SSSR count). The van der Waals surface area contributed by atoms with Crippen LogP contribution in [0.3, 0.4) is 0 Å². The van der Waals surface area contributed by atoms with E-state index in [1.54, 1.807) is 6.07 Å². The Balaban J connectivity index is 2.90. The van der Waals surface area contributed by atoms with Crippen LogP contribution in [-0.2, 0) is 0 Å². The minimum absolute atomic E-state index is 0.675. The third kappa shape index (κ3) is 2.67. The summed E-state index contributed by atoms with van der Waals surface area (Å²) in [5.41, 5.74) is 8.36. The van der Waals surface area contributed by atoms with Crippen LogP contribution >= 0.6 is 11.6 Å². The Morgan fingerprint density at radius 1 is 1.57 bits per heavy atom. The lowest BCUT2D eigenvalue weighted by Gasteiger charge is -2.20. The molecule has 0 radical (unpaired) electrons. The van der Waals surface area contributed by atoms with E-state index in [0.29, 0.717) is 10.7 Å². The second kappa shape index (κ2) is 4.38. The molecule has 2 nitrogen and oxygen atoms in total. The molecule has 0 fully saturated rings. The van der Waals surface area contributed by atoms with Crippen LogP contribution < -0.4 is 10.6 Å². The van der Waals surface area contributed by atoms with E-state index in [4.69, 9.17) is 17.3 Å². The number of hydrogen-bond acceptors (Lipinski definition) is 2. The molecule has 3 heteroatoms. The number of halogens is 1. The van der Waals surface area contributed by atoms with Crippen molar-refractivity contribution in [1.82, 2.24) is 0 Å². The van der Waals surface area contributed by atoms with Gasteiger partial charge in [0.05, 0.1) is 10.7 Å². The molecule has 0 aliphatic heterocycles. The van der Waals surface area contributed by atoms with Crippen LogP contribution in [0.25, 0.3) is 0 Å². The van der Waals surface area contributed by atoms with E-state index in [1.807, 2.05) is 31.0 Å². The van der Waals surface area contributed by atoms with Crippen molar-refractivity contribution in [2.45, 2.75) is 6.92 Å². The number of anilines is 2. The maximum absolute atomic E-state index is 6.06. The highest BCUT2D eigenvalue weighted by molar-refractivity contribution is 6.33. The van der Waals surface area contributed by atoms with Crippen LogP contribution in [-0.4, -0.2) is 13.6 Å². The number of nitrogens with two attached hydrogens (primary N) is 1.